The van der Waals surface area contributed by atoms with Gasteiger partial charge in [-0.05, 0) is 12.0 Å². The van der Waals surface area contributed by atoms with Crippen LogP contribution in [0.5, 0.6) is 0 Å². The van der Waals surface area contributed by atoms with Crippen molar-refractivity contribution in [3.8, 4) is 0 Å². The van der Waals surface area contributed by atoms with Gasteiger partial charge in [-0.15, -0.1) is 0 Å². The highest BCUT2D eigenvalue weighted by atomic mass is 16.5. The molecule has 0 saturated carbocycles. The summed E-state index contributed by atoms with van der Waals surface area (Å²) in [6, 6.07) is 8.50. The van der Waals surface area contributed by atoms with Crippen LogP contribution in [-0.2, 0) is 22.5 Å². The van der Waals surface area contributed by atoms with Crippen molar-refractivity contribution in [3.05, 3.63) is 58.9 Å². The maximum absolute atomic E-state index is 12.7. The van der Waals surface area contributed by atoms with E-state index < -0.39 is 12.0 Å². The fourth-order valence-electron chi connectivity index (χ4n) is 3.19. The molecule has 0 aliphatic carbocycles. The van der Waals surface area contributed by atoms with Crippen LogP contribution in [0, 0.1) is 0 Å². The summed E-state index contributed by atoms with van der Waals surface area (Å²) >= 11 is 0. The fraction of sp³-hybridized carbons (Fsp3) is 0.333. The first-order valence-corrected chi connectivity index (χ1v) is 8.52. The van der Waals surface area contributed by atoms with Crippen LogP contribution in [0.1, 0.15) is 36.7 Å². The first kappa shape index (κ1) is 16.3. The Morgan fingerprint density at radius 2 is 2.08 bits per heavy atom. The molecule has 0 bridgehead atoms. The van der Waals surface area contributed by atoms with Crippen LogP contribution in [0.25, 0.3) is 0 Å². The van der Waals surface area contributed by atoms with Crippen molar-refractivity contribution in [1.29, 1.82) is 0 Å². The predicted octanol–water partition coefficient (Wildman–Crippen LogP) is 2.10. The zero-order valence-electron chi connectivity index (χ0n) is 14.3. The summed E-state index contributed by atoms with van der Waals surface area (Å²) in [5.74, 6) is 0.515. The van der Waals surface area contributed by atoms with Gasteiger partial charge >= 0.3 is 12.0 Å². The van der Waals surface area contributed by atoms with E-state index >= 15 is 0 Å². The van der Waals surface area contributed by atoms with Crippen molar-refractivity contribution in [1.82, 2.24) is 20.4 Å². The van der Waals surface area contributed by atoms with Gasteiger partial charge in [-0.1, -0.05) is 42.4 Å². The minimum atomic E-state index is -0.522. The lowest BCUT2D eigenvalue weighted by Gasteiger charge is -2.32. The van der Waals surface area contributed by atoms with E-state index in [1.54, 1.807) is 0 Å². The molecular formula is C18H18N4O4. The van der Waals surface area contributed by atoms with E-state index in [9.17, 15) is 9.59 Å². The van der Waals surface area contributed by atoms with E-state index in [2.05, 4.69) is 15.5 Å². The molecule has 2 amide bonds. The van der Waals surface area contributed by atoms with Crippen LogP contribution in [0.4, 0.5) is 4.79 Å². The molecule has 26 heavy (non-hydrogen) atoms. The molecule has 1 aromatic carbocycles. The van der Waals surface area contributed by atoms with Gasteiger partial charge in [0.2, 0.25) is 5.89 Å². The molecule has 2 aliphatic rings. The topological polar surface area (TPSA) is 97.6 Å². The summed E-state index contributed by atoms with van der Waals surface area (Å²) in [6.45, 7) is 2.20. The van der Waals surface area contributed by atoms with Gasteiger partial charge in [0.1, 0.15) is 6.61 Å². The molecule has 2 aliphatic heterocycles. The number of carbonyl (C=O) groups is 2. The molecule has 1 N–H and O–H groups in total. The van der Waals surface area contributed by atoms with Crippen molar-refractivity contribution in [2.24, 2.45) is 0 Å². The van der Waals surface area contributed by atoms with Gasteiger partial charge in [-0.2, -0.15) is 4.98 Å². The van der Waals surface area contributed by atoms with Crippen molar-refractivity contribution < 1.29 is 18.8 Å². The molecule has 2 aromatic rings. The summed E-state index contributed by atoms with van der Waals surface area (Å²) in [5, 5.41) is 6.80. The van der Waals surface area contributed by atoms with Gasteiger partial charge in [0.25, 0.3) is 0 Å². The van der Waals surface area contributed by atoms with Crippen LogP contribution in [-0.4, -0.2) is 33.6 Å². The highest BCUT2D eigenvalue weighted by Gasteiger charge is 2.42. The molecule has 134 valence electrons. The number of esters is 1. The molecule has 4 rings (SSSR count). The molecule has 8 heteroatoms. The van der Waals surface area contributed by atoms with E-state index in [1.807, 2.05) is 37.3 Å². The number of carbonyl (C=O) groups excluding carboxylic acids is 2. The quantitative estimate of drug-likeness (QED) is 0.826. The van der Waals surface area contributed by atoms with E-state index in [4.69, 9.17) is 9.26 Å². The summed E-state index contributed by atoms with van der Waals surface area (Å²) in [6.07, 6.45) is 1.58. The number of hydrogen-bond donors (Lipinski definition) is 1. The van der Waals surface area contributed by atoms with E-state index in [1.165, 1.54) is 4.90 Å². The molecule has 1 atom stereocenters. The predicted molar refractivity (Wildman–Crippen MR) is 89.5 cm³/mol. The Balaban J connectivity index is 1.66. The minimum absolute atomic E-state index is 0.0601. The Morgan fingerprint density at radius 3 is 2.85 bits per heavy atom. The Morgan fingerprint density at radius 1 is 1.27 bits per heavy atom. The van der Waals surface area contributed by atoms with Crippen LogP contribution in [0.2, 0.25) is 0 Å². The Bertz CT molecular complexity index is 874. The molecule has 1 aromatic heterocycles. The second-order valence-electron chi connectivity index (χ2n) is 6.17. The lowest BCUT2D eigenvalue weighted by atomic mass is 9.96. The number of cyclic esters (lactones) is 1. The second-order valence-corrected chi connectivity index (χ2v) is 6.17. The van der Waals surface area contributed by atoms with E-state index in [-0.39, 0.29) is 19.2 Å². The number of aromatic nitrogens is 2. The number of urea groups is 1. The highest BCUT2D eigenvalue weighted by molar-refractivity contribution is 5.97. The lowest BCUT2D eigenvalue weighted by molar-refractivity contribution is -0.136. The average Bonchev–Trinajstić information content (AvgIpc) is 3.25. The highest BCUT2D eigenvalue weighted by Crippen LogP contribution is 2.35. The standard InChI is InChI=1S/C18H18N4O4/c1-2-6-14-19-13(21-26-14)9-22-12-10-25-17(23)15(12)16(20-18(22)24)11-7-4-3-5-8-11/h3-5,7-8,16H,2,6,9-10H2,1H3,(H,20,24)/t16-/m1/s1. The number of amides is 2. The van der Waals surface area contributed by atoms with Crippen molar-refractivity contribution in [2.45, 2.75) is 32.4 Å². The summed E-state index contributed by atoms with van der Waals surface area (Å²) < 4.78 is 10.4. The monoisotopic (exact) mass is 354 g/mol. The number of nitrogens with zero attached hydrogens (tertiary/aromatic N) is 3. The number of aryl methyl sites for hydroxylation is 1. The van der Waals surface area contributed by atoms with Gasteiger partial charge in [-0.3, -0.25) is 4.90 Å². The van der Waals surface area contributed by atoms with Crippen LogP contribution in [0.3, 0.4) is 0 Å². The summed E-state index contributed by atoms with van der Waals surface area (Å²) in [7, 11) is 0. The average molecular weight is 354 g/mol. The van der Waals surface area contributed by atoms with E-state index in [0.29, 0.717) is 29.4 Å². The molecule has 0 unspecified atom stereocenters. The normalized spacial score (nSPS) is 19.4. The first-order chi connectivity index (χ1) is 12.7. The van der Waals surface area contributed by atoms with Gasteiger partial charge < -0.3 is 14.6 Å². The number of ether oxygens (including phenoxy) is 1. The van der Waals surface area contributed by atoms with Crippen LogP contribution in [0.15, 0.2) is 46.1 Å². The lowest BCUT2D eigenvalue weighted by Crippen LogP contribution is -2.47. The number of benzene rings is 1. The number of rotatable bonds is 5. The van der Waals surface area contributed by atoms with Crippen LogP contribution >= 0.6 is 0 Å². The van der Waals surface area contributed by atoms with Crippen molar-refractivity contribution in [2.75, 3.05) is 6.61 Å². The third kappa shape index (κ3) is 2.83. The summed E-state index contributed by atoms with van der Waals surface area (Å²) in [5.41, 5.74) is 1.83. The second kappa shape index (κ2) is 6.62. The molecule has 0 fully saturated rings. The first-order valence-electron chi connectivity index (χ1n) is 8.52. The SMILES string of the molecule is CCCc1nc(CN2C(=O)N[C@H](c3ccccc3)C3=C2COC3=O)no1. The van der Waals surface area contributed by atoms with Gasteiger partial charge in [0, 0.05) is 6.42 Å². The zero-order valence-corrected chi connectivity index (χ0v) is 14.3. The zero-order chi connectivity index (χ0) is 18.1. The Labute approximate surface area is 149 Å². The van der Waals surface area contributed by atoms with Gasteiger partial charge in [0.05, 0.1) is 23.9 Å². The van der Waals surface area contributed by atoms with Crippen molar-refractivity contribution >= 4 is 12.0 Å². The molecule has 0 spiro atoms. The molecular weight excluding hydrogens is 336 g/mol. The Kier molecular flexibility index (Phi) is 4.16. The largest absolute Gasteiger partial charge is 0.456 e. The molecule has 0 radical (unpaired) electrons. The maximum Gasteiger partial charge on any atom is 0.338 e. The molecule has 8 nitrogen and oxygen atoms in total. The Hall–Kier alpha value is -3.16. The summed E-state index contributed by atoms with van der Waals surface area (Å²) in [4.78, 5) is 30.7. The number of nitrogens with one attached hydrogen (secondary N) is 1. The van der Waals surface area contributed by atoms with Crippen molar-refractivity contribution in [3.63, 3.8) is 0 Å². The fourth-order valence-corrected chi connectivity index (χ4v) is 3.19. The van der Waals surface area contributed by atoms with Gasteiger partial charge in [0.15, 0.2) is 5.82 Å². The maximum atomic E-state index is 12.7. The third-order valence-corrected chi connectivity index (χ3v) is 4.40. The smallest absolute Gasteiger partial charge is 0.338 e. The third-order valence-electron chi connectivity index (χ3n) is 4.40. The van der Waals surface area contributed by atoms with E-state index in [0.717, 1.165) is 12.0 Å². The molecule has 0 saturated heterocycles. The van der Waals surface area contributed by atoms with Crippen LogP contribution < -0.4 is 5.32 Å². The number of hydrogen-bond acceptors (Lipinski definition) is 6. The molecule has 3 heterocycles. The minimum Gasteiger partial charge on any atom is -0.456 e. The van der Waals surface area contributed by atoms with Gasteiger partial charge in [-0.25, -0.2) is 9.59 Å².